The molecule has 3 heterocycles. The van der Waals surface area contributed by atoms with Crippen molar-refractivity contribution in [3.8, 4) is 0 Å². The SMILES string of the molecule is O=C(NC[C@@H]([C@@H]1CCOC1)N1CCOCC1)c1ccncc1. The predicted molar refractivity (Wildman–Crippen MR) is 81.7 cm³/mol. The number of morpholine rings is 1. The minimum atomic E-state index is -0.0421. The molecule has 2 aliphatic rings. The molecule has 6 nitrogen and oxygen atoms in total. The predicted octanol–water partition coefficient (Wildman–Crippen LogP) is 0.549. The highest BCUT2D eigenvalue weighted by Gasteiger charge is 2.31. The Hall–Kier alpha value is -1.50. The van der Waals surface area contributed by atoms with Gasteiger partial charge in [0, 0.05) is 56.2 Å². The van der Waals surface area contributed by atoms with Crippen LogP contribution in [0.5, 0.6) is 0 Å². The first-order chi connectivity index (χ1) is 10.8. The van der Waals surface area contributed by atoms with Crippen LogP contribution >= 0.6 is 0 Å². The summed E-state index contributed by atoms with van der Waals surface area (Å²) in [4.78, 5) is 18.6. The highest BCUT2D eigenvalue weighted by molar-refractivity contribution is 5.93. The molecule has 2 fully saturated rings. The molecule has 22 heavy (non-hydrogen) atoms. The summed E-state index contributed by atoms with van der Waals surface area (Å²) < 4.78 is 11.0. The second-order valence-corrected chi connectivity index (χ2v) is 5.79. The van der Waals surface area contributed by atoms with Crippen molar-refractivity contribution in [2.24, 2.45) is 5.92 Å². The average molecular weight is 305 g/mol. The number of aromatic nitrogens is 1. The summed E-state index contributed by atoms with van der Waals surface area (Å²) in [5, 5.41) is 3.07. The molecule has 0 saturated carbocycles. The van der Waals surface area contributed by atoms with Crippen molar-refractivity contribution in [2.75, 3.05) is 46.1 Å². The van der Waals surface area contributed by atoms with E-state index in [1.165, 1.54) is 0 Å². The van der Waals surface area contributed by atoms with E-state index in [0.29, 0.717) is 24.1 Å². The summed E-state index contributed by atoms with van der Waals surface area (Å²) in [6.45, 7) is 5.63. The molecule has 0 aromatic carbocycles. The summed E-state index contributed by atoms with van der Waals surface area (Å²) in [5.74, 6) is 0.440. The van der Waals surface area contributed by atoms with Gasteiger partial charge in [0.05, 0.1) is 19.8 Å². The van der Waals surface area contributed by atoms with Crippen molar-refractivity contribution in [3.05, 3.63) is 30.1 Å². The van der Waals surface area contributed by atoms with Crippen molar-refractivity contribution >= 4 is 5.91 Å². The molecule has 3 rings (SSSR count). The first-order valence-electron chi connectivity index (χ1n) is 7.92. The number of carbonyl (C=O) groups is 1. The number of nitrogens with zero attached hydrogens (tertiary/aromatic N) is 2. The molecule has 1 amide bonds. The molecule has 120 valence electrons. The van der Waals surface area contributed by atoms with E-state index in [9.17, 15) is 4.79 Å². The van der Waals surface area contributed by atoms with Gasteiger partial charge in [0.15, 0.2) is 0 Å². The van der Waals surface area contributed by atoms with Gasteiger partial charge in [-0.25, -0.2) is 0 Å². The Balaban J connectivity index is 1.60. The van der Waals surface area contributed by atoms with E-state index < -0.39 is 0 Å². The van der Waals surface area contributed by atoms with Crippen LogP contribution in [0.1, 0.15) is 16.8 Å². The lowest BCUT2D eigenvalue weighted by molar-refractivity contribution is 0.00166. The summed E-state index contributed by atoms with van der Waals surface area (Å²) in [5.41, 5.74) is 0.651. The second kappa shape index (κ2) is 7.67. The fourth-order valence-electron chi connectivity index (χ4n) is 3.16. The first kappa shape index (κ1) is 15.4. The lowest BCUT2D eigenvalue weighted by Gasteiger charge is -2.37. The van der Waals surface area contributed by atoms with Gasteiger partial charge in [-0.2, -0.15) is 0 Å². The van der Waals surface area contributed by atoms with Crippen molar-refractivity contribution < 1.29 is 14.3 Å². The summed E-state index contributed by atoms with van der Waals surface area (Å²) in [6, 6.07) is 3.78. The molecule has 0 spiro atoms. The van der Waals surface area contributed by atoms with Crippen LogP contribution in [0.15, 0.2) is 24.5 Å². The molecule has 1 N–H and O–H groups in total. The van der Waals surface area contributed by atoms with Crippen LogP contribution < -0.4 is 5.32 Å². The standard InChI is InChI=1S/C16H23N3O3/c20-16(13-1-4-17-5-2-13)18-11-15(14-3-8-22-12-14)19-6-9-21-10-7-19/h1-2,4-5,14-15H,3,6-12H2,(H,18,20)/t14-,15+/m1/s1. The van der Waals surface area contributed by atoms with Crippen molar-refractivity contribution in [1.82, 2.24) is 15.2 Å². The quantitative estimate of drug-likeness (QED) is 0.861. The third kappa shape index (κ3) is 3.82. The Bertz CT molecular complexity index is 471. The van der Waals surface area contributed by atoms with E-state index in [-0.39, 0.29) is 5.91 Å². The molecule has 2 atom stereocenters. The number of rotatable bonds is 5. The molecule has 0 bridgehead atoms. The van der Waals surface area contributed by atoms with Crippen LogP contribution in [0.25, 0.3) is 0 Å². The van der Waals surface area contributed by atoms with Gasteiger partial charge in [-0.05, 0) is 18.6 Å². The minimum Gasteiger partial charge on any atom is -0.381 e. The number of nitrogens with one attached hydrogen (secondary N) is 1. The van der Waals surface area contributed by atoms with Gasteiger partial charge in [-0.3, -0.25) is 14.7 Å². The van der Waals surface area contributed by atoms with Crippen molar-refractivity contribution in [2.45, 2.75) is 12.5 Å². The number of hydrogen-bond acceptors (Lipinski definition) is 5. The van der Waals surface area contributed by atoms with Crippen LogP contribution in [0.3, 0.4) is 0 Å². The number of carbonyl (C=O) groups excluding carboxylic acids is 1. The van der Waals surface area contributed by atoms with Crippen molar-refractivity contribution in [1.29, 1.82) is 0 Å². The maximum atomic E-state index is 12.2. The van der Waals surface area contributed by atoms with E-state index in [4.69, 9.17) is 9.47 Å². The molecule has 1 aromatic heterocycles. The molecule has 6 heteroatoms. The minimum absolute atomic E-state index is 0.0421. The fourth-order valence-corrected chi connectivity index (χ4v) is 3.16. The summed E-state index contributed by atoms with van der Waals surface area (Å²) >= 11 is 0. The van der Waals surface area contributed by atoms with Crippen LogP contribution in [0.2, 0.25) is 0 Å². The Labute approximate surface area is 130 Å². The van der Waals surface area contributed by atoms with Crippen LogP contribution in [0.4, 0.5) is 0 Å². The highest BCUT2D eigenvalue weighted by Crippen LogP contribution is 2.21. The molecule has 1 aromatic rings. The van der Waals surface area contributed by atoms with E-state index >= 15 is 0 Å². The van der Waals surface area contributed by atoms with Crippen LogP contribution in [-0.4, -0.2) is 67.9 Å². The van der Waals surface area contributed by atoms with Gasteiger partial charge in [0.25, 0.3) is 5.91 Å². The molecule has 0 unspecified atom stereocenters. The van der Waals surface area contributed by atoms with Gasteiger partial charge in [-0.1, -0.05) is 0 Å². The Morgan fingerprint density at radius 2 is 2.05 bits per heavy atom. The van der Waals surface area contributed by atoms with Gasteiger partial charge >= 0.3 is 0 Å². The highest BCUT2D eigenvalue weighted by atomic mass is 16.5. The van der Waals surface area contributed by atoms with Crippen LogP contribution in [-0.2, 0) is 9.47 Å². The normalized spacial score (nSPS) is 24.1. The van der Waals surface area contributed by atoms with Gasteiger partial charge in [-0.15, -0.1) is 0 Å². The second-order valence-electron chi connectivity index (χ2n) is 5.79. The summed E-state index contributed by atoms with van der Waals surface area (Å²) in [6.07, 6.45) is 4.34. The number of pyridine rings is 1. The molecular weight excluding hydrogens is 282 g/mol. The van der Waals surface area contributed by atoms with Gasteiger partial charge in [0.1, 0.15) is 0 Å². The van der Waals surface area contributed by atoms with E-state index in [0.717, 1.165) is 45.9 Å². The zero-order valence-corrected chi connectivity index (χ0v) is 12.7. The fraction of sp³-hybridized carbons (Fsp3) is 0.625. The first-order valence-corrected chi connectivity index (χ1v) is 7.92. The monoisotopic (exact) mass is 305 g/mol. The Morgan fingerprint density at radius 3 is 2.73 bits per heavy atom. The smallest absolute Gasteiger partial charge is 0.251 e. The third-order valence-electron chi connectivity index (χ3n) is 4.44. The number of amides is 1. The Kier molecular flexibility index (Phi) is 5.37. The average Bonchev–Trinajstić information content (AvgIpc) is 3.11. The van der Waals surface area contributed by atoms with Gasteiger partial charge < -0.3 is 14.8 Å². The maximum Gasteiger partial charge on any atom is 0.251 e. The number of hydrogen-bond donors (Lipinski definition) is 1. The van der Waals surface area contributed by atoms with Crippen LogP contribution in [0, 0.1) is 5.92 Å². The maximum absolute atomic E-state index is 12.2. The van der Waals surface area contributed by atoms with Crippen molar-refractivity contribution in [3.63, 3.8) is 0 Å². The third-order valence-corrected chi connectivity index (χ3v) is 4.44. The largest absolute Gasteiger partial charge is 0.381 e. The lowest BCUT2D eigenvalue weighted by Crippen LogP contribution is -2.52. The van der Waals surface area contributed by atoms with Gasteiger partial charge in [0.2, 0.25) is 0 Å². The lowest BCUT2D eigenvalue weighted by atomic mass is 9.96. The van der Waals surface area contributed by atoms with E-state index in [2.05, 4.69) is 15.2 Å². The van der Waals surface area contributed by atoms with E-state index in [1.54, 1.807) is 24.5 Å². The molecule has 0 aliphatic carbocycles. The number of ether oxygens (including phenoxy) is 2. The van der Waals surface area contributed by atoms with E-state index in [1.807, 2.05) is 0 Å². The zero-order valence-electron chi connectivity index (χ0n) is 12.7. The summed E-state index contributed by atoms with van der Waals surface area (Å²) in [7, 11) is 0. The topological polar surface area (TPSA) is 63.7 Å². The Morgan fingerprint density at radius 1 is 1.27 bits per heavy atom. The molecule has 2 aliphatic heterocycles. The molecular formula is C16H23N3O3. The molecule has 2 saturated heterocycles. The molecule has 0 radical (unpaired) electrons. The zero-order chi connectivity index (χ0) is 15.2.